The van der Waals surface area contributed by atoms with Crippen molar-refractivity contribution in [3.63, 3.8) is 0 Å². The van der Waals surface area contributed by atoms with Gasteiger partial charge in [0.2, 0.25) is 0 Å². The van der Waals surface area contributed by atoms with E-state index in [2.05, 4.69) is 29.2 Å². The number of nitrogens with zero attached hydrogens (tertiary/aromatic N) is 1. The first-order valence-electron chi connectivity index (χ1n) is 6.95. The molecule has 104 valence electrons. The average Bonchev–Trinajstić information content (AvgIpc) is 2.89. The largest absolute Gasteiger partial charge is 0.461 e. The standard InChI is InChI=1S/C16H17NO2S/c1-2-19-14(18)13-11-20-15(17-13)16(9-6-10-16)12-7-4-3-5-8-12/h3-5,7-8,11H,2,6,9-10H2,1H3. The van der Waals surface area contributed by atoms with E-state index in [4.69, 9.17) is 4.74 Å². The molecule has 0 amide bonds. The van der Waals surface area contributed by atoms with Gasteiger partial charge in [0.05, 0.1) is 6.61 Å². The number of thiazole rings is 1. The normalized spacial score (nSPS) is 16.4. The summed E-state index contributed by atoms with van der Waals surface area (Å²) in [5.74, 6) is -0.322. The van der Waals surface area contributed by atoms with Crippen molar-refractivity contribution >= 4 is 17.3 Å². The van der Waals surface area contributed by atoms with Gasteiger partial charge in [-0.2, -0.15) is 0 Å². The Labute approximate surface area is 122 Å². The summed E-state index contributed by atoms with van der Waals surface area (Å²) in [6.07, 6.45) is 3.42. The fraction of sp³-hybridized carbons (Fsp3) is 0.375. The van der Waals surface area contributed by atoms with Gasteiger partial charge in [-0.25, -0.2) is 9.78 Å². The molecular weight excluding hydrogens is 270 g/mol. The molecule has 0 aliphatic heterocycles. The lowest BCUT2D eigenvalue weighted by Crippen LogP contribution is -2.35. The molecule has 1 aliphatic carbocycles. The lowest BCUT2D eigenvalue weighted by molar-refractivity contribution is 0.0520. The molecule has 1 saturated carbocycles. The Bertz CT molecular complexity index is 602. The monoisotopic (exact) mass is 287 g/mol. The van der Waals surface area contributed by atoms with Gasteiger partial charge in [0.15, 0.2) is 5.69 Å². The van der Waals surface area contributed by atoms with Crippen molar-refractivity contribution in [2.75, 3.05) is 6.61 Å². The van der Waals surface area contributed by atoms with Crippen LogP contribution in [0.2, 0.25) is 0 Å². The topological polar surface area (TPSA) is 39.2 Å². The van der Waals surface area contributed by atoms with Crippen LogP contribution in [-0.4, -0.2) is 17.6 Å². The van der Waals surface area contributed by atoms with Crippen LogP contribution in [0.25, 0.3) is 0 Å². The summed E-state index contributed by atoms with van der Waals surface area (Å²) in [6, 6.07) is 10.5. The molecule has 1 aliphatic rings. The first-order valence-corrected chi connectivity index (χ1v) is 7.83. The van der Waals surface area contributed by atoms with E-state index in [-0.39, 0.29) is 11.4 Å². The molecule has 0 N–H and O–H groups in total. The summed E-state index contributed by atoms with van der Waals surface area (Å²) in [7, 11) is 0. The highest BCUT2D eigenvalue weighted by Crippen LogP contribution is 2.49. The van der Waals surface area contributed by atoms with Gasteiger partial charge in [-0.05, 0) is 25.3 Å². The molecule has 3 nitrogen and oxygen atoms in total. The molecule has 0 spiro atoms. The second-order valence-corrected chi connectivity index (χ2v) is 5.92. The molecule has 1 aromatic carbocycles. The van der Waals surface area contributed by atoms with E-state index < -0.39 is 0 Å². The quantitative estimate of drug-likeness (QED) is 0.803. The smallest absolute Gasteiger partial charge is 0.357 e. The highest BCUT2D eigenvalue weighted by molar-refractivity contribution is 7.10. The Morgan fingerprint density at radius 1 is 1.35 bits per heavy atom. The van der Waals surface area contributed by atoms with E-state index in [1.165, 1.54) is 12.0 Å². The van der Waals surface area contributed by atoms with Crippen LogP contribution in [0.4, 0.5) is 0 Å². The minimum absolute atomic E-state index is 0.0106. The third kappa shape index (κ3) is 2.14. The third-order valence-corrected chi connectivity index (χ3v) is 4.98. The number of rotatable bonds is 4. The molecule has 0 bridgehead atoms. The van der Waals surface area contributed by atoms with Gasteiger partial charge in [0.25, 0.3) is 0 Å². The fourth-order valence-corrected chi connectivity index (χ4v) is 3.78. The lowest BCUT2D eigenvalue weighted by atomic mass is 9.65. The number of ether oxygens (including phenoxy) is 1. The predicted octanol–water partition coefficient (Wildman–Crippen LogP) is 3.79. The summed E-state index contributed by atoms with van der Waals surface area (Å²) >= 11 is 1.57. The second kappa shape index (κ2) is 5.37. The molecule has 1 fully saturated rings. The summed E-state index contributed by atoms with van der Waals surface area (Å²) in [4.78, 5) is 16.3. The Morgan fingerprint density at radius 2 is 2.10 bits per heavy atom. The van der Waals surface area contributed by atoms with Gasteiger partial charge in [0.1, 0.15) is 5.01 Å². The third-order valence-electron chi connectivity index (χ3n) is 3.93. The fourth-order valence-electron chi connectivity index (χ4n) is 2.71. The van der Waals surface area contributed by atoms with E-state index in [0.717, 1.165) is 17.8 Å². The molecule has 4 heteroatoms. The van der Waals surface area contributed by atoms with Gasteiger partial charge >= 0.3 is 5.97 Å². The van der Waals surface area contributed by atoms with E-state index >= 15 is 0 Å². The van der Waals surface area contributed by atoms with Crippen molar-refractivity contribution in [1.82, 2.24) is 4.98 Å². The first kappa shape index (κ1) is 13.3. The van der Waals surface area contributed by atoms with Crippen LogP contribution in [0.1, 0.15) is 47.2 Å². The molecule has 3 rings (SSSR count). The van der Waals surface area contributed by atoms with E-state index in [1.807, 2.05) is 18.4 Å². The van der Waals surface area contributed by atoms with E-state index in [9.17, 15) is 4.79 Å². The van der Waals surface area contributed by atoms with Crippen molar-refractivity contribution in [3.8, 4) is 0 Å². The SMILES string of the molecule is CCOC(=O)c1csc(C2(c3ccccc3)CCC2)n1. The Balaban J connectivity index is 1.93. The molecular formula is C16H17NO2S. The number of hydrogen-bond acceptors (Lipinski definition) is 4. The Morgan fingerprint density at radius 3 is 2.70 bits per heavy atom. The molecule has 2 aromatic rings. The van der Waals surface area contributed by atoms with Crippen LogP contribution < -0.4 is 0 Å². The van der Waals surface area contributed by atoms with Crippen LogP contribution in [-0.2, 0) is 10.2 Å². The van der Waals surface area contributed by atoms with Gasteiger partial charge in [0, 0.05) is 10.8 Å². The van der Waals surface area contributed by atoms with Crippen molar-refractivity contribution in [1.29, 1.82) is 0 Å². The lowest BCUT2D eigenvalue weighted by Gasteiger charge is -2.40. The van der Waals surface area contributed by atoms with Crippen LogP contribution in [0, 0.1) is 0 Å². The van der Waals surface area contributed by atoms with Gasteiger partial charge < -0.3 is 4.74 Å². The summed E-state index contributed by atoms with van der Waals surface area (Å²) in [6.45, 7) is 2.19. The van der Waals surface area contributed by atoms with Gasteiger partial charge in [-0.1, -0.05) is 36.8 Å². The molecule has 0 saturated heterocycles. The van der Waals surface area contributed by atoms with Crippen LogP contribution >= 0.6 is 11.3 Å². The minimum atomic E-state index is -0.322. The highest BCUT2D eigenvalue weighted by atomic mass is 32.1. The number of esters is 1. The van der Waals surface area contributed by atoms with Crippen molar-refractivity contribution < 1.29 is 9.53 Å². The zero-order valence-corrected chi connectivity index (χ0v) is 12.3. The molecule has 0 atom stereocenters. The number of aromatic nitrogens is 1. The van der Waals surface area contributed by atoms with E-state index in [0.29, 0.717) is 12.3 Å². The maximum Gasteiger partial charge on any atom is 0.357 e. The maximum absolute atomic E-state index is 11.7. The summed E-state index contributed by atoms with van der Waals surface area (Å²) < 4.78 is 5.02. The number of hydrogen-bond donors (Lipinski definition) is 0. The minimum Gasteiger partial charge on any atom is -0.461 e. The Kier molecular flexibility index (Phi) is 3.57. The molecule has 1 heterocycles. The van der Waals surface area contributed by atoms with Gasteiger partial charge in [-0.15, -0.1) is 11.3 Å². The summed E-state index contributed by atoms with van der Waals surface area (Å²) in [5, 5.41) is 2.86. The van der Waals surface area contributed by atoms with Gasteiger partial charge in [-0.3, -0.25) is 0 Å². The average molecular weight is 287 g/mol. The molecule has 0 radical (unpaired) electrons. The highest BCUT2D eigenvalue weighted by Gasteiger charge is 2.43. The van der Waals surface area contributed by atoms with Crippen molar-refractivity contribution in [2.45, 2.75) is 31.6 Å². The molecule has 0 unspecified atom stereocenters. The summed E-state index contributed by atoms with van der Waals surface area (Å²) in [5.41, 5.74) is 1.75. The molecule has 20 heavy (non-hydrogen) atoms. The Hall–Kier alpha value is -1.68. The van der Waals surface area contributed by atoms with Crippen LogP contribution in [0.15, 0.2) is 35.7 Å². The molecule has 1 aromatic heterocycles. The number of carbonyl (C=O) groups excluding carboxylic acids is 1. The van der Waals surface area contributed by atoms with Crippen molar-refractivity contribution in [3.05, 3.63) is 52.0 Å². The van der Waals surface area contributed by atoms with Crippen LogP contribution in [0.5, 0.6) is 0 Å². The van der Waals surface area contributed by atoms with Crippen molar-refractivity contribution in [2.24, 2.45) is 0 Å². The maximum atomic E-state index is 11.7. The number of benzene rings is 1. The first-order chi connectivity index (χ1) is 9.76. The van der Waals surface area contributed by atoms with Crippen LogP contribution in [0.3, 0.4) is 0 Å². The zero-order chi connectivity index (χ0) is 14.0. The van der Waals surface area contributed by atoms with E-state index in [1.54, 1.807) is 11.3 Å². The predicted molar refractivity (Wildman–Crippen MR) is 79.1 cm³/mol. The number of carbonyl (C=O) groups is 1. The zero-order valence-electron chi connectivity index (χ0n) is 11.5. The second-order valence-electron chi connectivity index (χ2n) is 5.06.